The quantitative estimate of drug-likeness (QED) is 0.584. The first-order valence-corrected chi connectivity index (χ1v) is 7.48. The normalized spacial score (nSPS) is 11.5. The van der Waals surface area contributed by atoms with Crippen molar-refractivity contribution in [3.8, 4) is 0 Å². The molecular formula is C18H14ClN3O. The van der Waals surface area contributed by atoms with Crippen LogP contribution in [0.25, 0.3) is 10.9 Å². The lowest BCUT2D eigenvalue weighted by Gasteiger charge is -2.05. The van der Waals surface area contributed by atoms with Gasteiger partial charge in [-0.2, -0.15) is 5.10 Å². The second-order valence-electron chi connectivity index (χ2n) is 5.01. The lowest BCUT2D eigenvalue weighted by molar-refractivity contribution is 0.0950. The third-order valence-corrected chi connectivity index (χ3v) is 3.75. The van der Waals surface area contributed by atoms with Gasteiger partial charge in [-0.05, 0) is 25.1 Å². The molecule has 0 unspecified atom stereocenters. The molecule has 1 amide bonds. The number of carbonyl (C=O) groups is 1. The van der Waals surface area contributed by atoms with Gasteiger partial charge in [0, 0.05) is 16.0 Å². The van der Waals surface area contributed by atoms with Crippen molar-refractivity contribution in [2.45, 2.75) is 6.92 Å². The van der Waals surface area contributed by atoms with Crippen LogP contribution in [0.1, 0.15) is 23.0 Å². The summed E-state index contributed by atoms with van der Waals surface area (Å²) in [4.78, 5) is 16.5. The molecule has 3 rings (SSSR count). The zero-order valence-electron chi connectivity index (χ0n) is 12.5. The number of hydrogen-bond donors (Lipinski definition) is 1. The van der Waals surface area contributed by atoms with E-state index in [-0.39, 0.29) is 5.91 Å². The van der Waals surface area contributed by atoms with E-state index in [2.05, 4.69) is 15.5 Å². The maximum atomic E-state index is 12.2. The summed E-state index contributed by atoms with van der Waals surface area (Å²) < 4.78 is 0. The SMILES string of the molecule is C/C(=N\NC(=O)c1ccc2ccccc2n1)c1ccccc1Cl. The van der Waals surface area contributed by atoms with Crippen molar-refractivity contribution in [3.05, 3.63) is 76.9 Å². The number of hydrazone groups is 1. The Bertz CT molecular complexity index is 905. The van der Waals surface area contributed by atoms with E-state index < -0.39 is 0 Å². The van der Waals surface area contributed by atoms with E-state index in [1.54, 1.807) is 19.1 Å². The molecule has 23 heavy (non-hydrogen) atoms. The average molecular weight is 324 g/mol. The molecule has 1 aromatic heterocycles. The van der Waals surface area contributed by atoms with Crippen LogP contribution in [-0.4, -0.2) is 16.6 Å². The van der Waals surface area contributed by atoms with E-state index in [0.717, 1.165) is 16.5 Å². The number of rotatable bonds is 3. The molecule has 1 heterocycles. The first-order chi connectivity index (χ1) is 11.1. The summed E-state index contributed by atoms with van der Waals surface area (Å²) in [5.41, 5.74) is 5.01. The number of benzene rings is 2. The average Bonchev–Trinajstić information content (AvgIpc) is 2.59. The Hall–Kier alpha value is -2.72. The number of nitrogens with zero attached hydrogens (tertiary/aromatic N) is 2. The highest BCUT2D eigenvalue weighted by atomic mass is 35.5. The van der Waals surface area contributed by atoms with E-state index in [1.807, 2.05) is 48.5 Å². The predicted molar refractivity (Wildman–Crippen MR) is 92.9 cm³/mol. The standard InChI is InChI=1S/C18H14ClN3O/c1-12(14-7-3-4-8-15(14)19)21-22-18(23)17-11-10-13-6-2-5-9-16(13)20-17/h2-11H,1H3,(H,22,23)/b21-12+. The van der Waals surface area contributed by atoms with Crippen molar-refractivity contribution < 1.29 is 4.79 Å². The van der Waals surface area contributed by atoms with Crippen molar-refractivity contribution >= 4 is 34.1 Å². The maximum Gasteiger partial charge on any atom is 0.289 e. The molecule has 0 aliphatic carbocycles. The van der Waals surface area contributed by atoms with Gasteiger partial charge in [-0.1, -0.05) is 54.1 Å². The number of carbonyl (C=O) groups excluding carboxylic acids is 1. The number of hydrogen-bond acceptors (Lipinski definition) is 3. The monoisotopic (exact) mass is 323 g/mol. The molecule has 1 N–H and O–H groups in total. The fourth-order valence-corrected chi connectivity index (χ4v) is 2.47. The van der Waals surface area contributed by atoms with Gasteiger partial charge in [-0.3, -0.25) is 4.79 Å². The molecule has 0 saturated heterocycles. The molecule has 0 radical (unpaired) electrons. The third kappa shape index (κ3) is 3.38. The van der Waals surface area contributed by atoms with Crippen LogP contribution in [0, 0.1) is 0 Å². The summed E-state index contributed by atoms with van der Waals surface area (Å²) in [7, 11) is 0. The van der Waals surface area contributed by atoms with E-state index in [9.17, 15) is 4.79 Å². The van der Waals surface area contributed by atoms with Gasteiger partial charge in [-0.25, -0.2) is 10.4 Å². The zero-order chi connectivity index (χ0) is 16.2. The molecule has 0 aliphatic heterocycles. The first-order valence-electron chi connectivity index (χ1n) is 7.10. The highest BCUT2D eigenvalue weighted by Gasteiger charge is 2.08. The number of pyridine rings is 1. The molecule has 0 fully saturated rings. The number of aromatic nitrogens is 1. The molecule has 0 atom stereocenters. The Morgan fingerprint density at radius 2 is 1.78 bits per heavy atom. The Morgan fingerprint density at radius 1 is 1.04 bits per heavy atom. The molecule has 5 heteroatoms. The summed E-state index contributed by atoms with van der Waals surface area (Å²) in [5.74, 6) is -0.359. The van der Waals surface area contributed by atoms with Crippen molar-refractivity contribution in [1.29, 1.82) is 0 Å². The van der Waals surface area contributed by atoms with E-state index in [4.69, 9.17) is 11.6 Å². The minimum absolute atomic E-state index is 0.319. The number of para-hydroxylation sites is 1. The van der Waals surface area contributed by atoms with Gasteiger partial charge < -0.3 is 0 Å². The van der Waals surface area contributed by atoms with Crippen molar-refractivity contribution in [3.63, 3.8) is 0 Å². The predicted octanol–water partition coefficient (Wildman–Crippen LogP) is 4.04. The van der Waals surface area contributed by atoms with Crippen LogP contribution >= 0.6 is 11.6 Å². The van der Waals surface area contributed by atoms with Crippen molar-refractivity contribution in [2.75, 3.05) is 0 Å². The van der Waals surface area contributed by atoms with Gasteiger partial charge in [0.05, 0.1) is 11.2 Å². The Kier molecular flexibility index (Phi) is 4.35. The molecule has 3 aromatic rings. The van der Waals surface area contributed by atoms with Crippen LogP contribution in [0.3, 0.4) is 0 Å². The largest absolute Gasteiger partial charge is 0.289 e. The molecule has 0 spiro atoms. The highest BCUT2D eigenvalue weighted by Crippen LogP contribution is 2.15. The fourth-order valence-electron chi connectivity index (χ4n) is 2.20. The maximum absolute atomic E-state index is 12.2. The molecular weight excluding hydrogens is 310 g/mol. The van der Waals surface area contributed by atoms with Gasteiger partial charge >= 0.3 is 0 Å². The fraction of sp³-hybridized carbons (Fsp3) is 0.0556. The lowest BCUT2D eigenvalue weighted by atomic mass is 10.1. The minimum atomic E-state index is -0.359. The van der Waals surface area contributed by atoms with Crippen LogP contribution in [0.15, 0.2) is 65.8 Å². The van der Waals surface area contributed by atoms with Gasteiger partial charge in [-0.15, -0.1) is 0 Å². The summed E-state index contributed by atoms with van der Waals surface area (Å²) >= 11 is 6.11. The molecule has 0 aliphatic rings. The summed E-state index contributed by atoms with van der Waals surface area (Å²) in [5, 5.41) is 5.68. The smallest absolute Gasteiger partial charge is 0.266 e. The Labute approximate surface area is 138 Å². The summed E-state index contributed by atoms with van der Waals surface area (Å²) in [6.45, 7) is 1.79. The highest BCUT2D eigenvalue weighted by molar-refractivity contribution is 6.34. The van der Waals surface area contributed by atoms with Gasteiger partial charge in [0.1, 0.15) is 5.69 Å². The van der Waals surface area contributed by atoms with Crippen LogP contribution in [0.2, 0.25) is 5.02 Å². The van der Waals surface area contributed by atoms with Gasteiger partial charge in [0.15, 0.2) is 0 Å². The van der Waals surface area contributed by atoms with Crippen molar-refractivity contribution in [2.24, 2.45) is 5.10 Å². The van der Waals surface area contributed by atoms with Crippen LogP contribution in [0.5, 0.6) is 0 Å². The Morgan fingerprint density at radius 3 is 2.61 bits per heavy atom. The van der Waals surface area contributed by atoms with E-state index >= 15 is 0 Å². The summed E-state index contributed by atoms with van der Waals surface area (Å²) in [6, 6.07) is 18.5. The zero-order valence-corrected chi connectivity index (χ0v) is 13.2. The summed E-state index contributed by atoms with van der Waals surface area (Å²) in [6.07, 6.45) is 0. The second-order valence-corrected chi connectivity index (χ2v) is 5.41. The molecule has 114 valence electrons. The number of nitrogens with one attached hydrogen (secondary N) is 1. The van der Waals surface area contributed by atoms with Gasteiger partial charge in [0.25, 0.3) is 5.91 Å². The van der Waals surface area contributed by atoms with Crippen LogP contribution < -0.4 is 5.43 Å². The van der Waals surface area contributed by atoms with E-state index in [1.165, 1.54) is 0 Å². The first kappa shape index (κ1) is 15.2. The molecule has 0 bridgehead atoms. The minimum Gasteiger partial charge on any atom is -0.266 e. The molecule has 4 nitrogen and oxygen atoms in total. The number of halogens is 1. The van der Waals surface area contributed by atoms with Crippen LogP contribution in [0.4, 0.5) is 0 Å². The van der Waals surface area contributed by atoms with Gasteiger partial charge in [0.2, 0.25) is 0 Å². The number of amides is 1. The van der Waals surface area contributed by atoms with Crippen molar-refractivity contribution in [1.82, 2.24) is 10.4 Å². The topological polar surface area (TPSA) is 54.4 Å². The second kappa shape index (κ2) is 6.58. The Balaban J connectivity index is 1.80. The lowest BCUT2D eigenvalue weighted by Crippen LogP contribution is -2.20. The molecule has 2 aromatic carbocycles. The van der Waals surface area contributed by atoms with E-state index in [0.29, 0.717) is 16.4 Å². The third-order valence-electron chi connectivity index (χ3n) is 3.42. The van der Waals surface area contributed by atoms with Crippen LogP contribution in [-0.2, 0) is 0 Å². The number of fused-ring (bicyclic) bond motifs is 1. The molecule has 0 saturated carbocycles.